The summed E-state index contributed by atoms with van der Waals surface area (Å²) in [6.45, 7) is 4.34. The molecule has 0 aliphatic heterocycles. The number of rotatable bonds is 5. The van der Waals surface area contributed by atoms with E-state index in [9.17, 15) is 5.11 Å². The minimum atomic E-state index is 0.0362. The third-order valence-corrected chi connectivity index (χ3v) is 6.51. The molecule has 1 N–H and O–H groups in total. The molecule has 3 aromatic carbocycles. The van der Waals surface area contributed by atoms with Gasteiger partial charge < -0.3 is 14.3 Å². The van der Waals surface area contributed by atoms with Crippen LogP contribution < -0.4 is 4.74 Å². The van der Waals surface area contributed by atoms with Gasteiger partial charge in [-0.3, -0.25) is 4.99 Å². The Bertz CT molecular complexity index is 1250. The van der Waals surface area contributed by atoms with Crippen LogP contribution >= 0.6 is 31.9 Å². The van der Waals surface area contributed by atoms with Gasteiger partial charge in [-0.15, -0.1) is 0 Å². The largest absolute Gasteiger partial charge is 0.504 e. The van der Waals surface area contributed by atoms with E-state index in [0.717, 1.165) is 32.4 Å². The van der Waals surface area contributed by atoms with Crippen LogP contribution in [0.1, 0.15) is 18.1 Å². The number of ether oxygens (including phenoxy) is 1. The van der Waals surface area contributed by atoms with E-state index in [0.29, 0.717) is 28.3 Å². The Hall–Kier alpha value is -2.64. The predicted octanol–water partition coefficient (Wildman–Crippen LogP) is 7.18. The van der Waals surface area contributed by atoms with Crippen molar-refractivity contribution in [2.45, 2.75) is 13.8 Å². The number of phenols is 1. The third kappa shape index (κ3) is 4.13. The zero-order chi connectivity index (χ0) is 21.3. The van der Waals surface area contributed by atoms with Crippen LogP contribution in [0, 0.1) is 6.92 Å². The molecule has 0 spiro atoms. The second-order valence-corrected chi connectivity index (χ2v) is 8.31. The second kappa shape index (κ2) is 8.62. The molecule has 0 saturated carbocycles. The molecule has 0 unspecified atom stereocenters. The van der Waals surface area contributed by atoms with E-state index in [-0.39, 0.29) is 5.75 Å². The van der Waals surface area contributed by atoms with Crippen LogP contribution in [0.2, 0.25) is 0 Å². The number of hydrogen-bond acceptors (Lipinski definition) is 5. The molecule has 0 amide bonds. The van der Waals surface area contributed by atoms with E-state index in [4.69, 9.17) is 9.15 Å². The normalized spacial score (nSPS) is 11.5. The maximum atomic E-state index is 10.5. The van der Waals surface area contributed by atoms with Crippen molar-refractivity contribution in [3.63, 3.8) is 0 Å². The molecule has 4 rings (SSSR count). The maximum absolute atomic E-state index is 10.5. The van der Waals surface area contributed by atoms with Gasteiger partial charge in [0, 0.05) is 20.7 Å². The number of nitrogens with zero attached hydrogens (tertiary/aromatic N) is 2. The highest BCUT2D eigenvalue weighted by Crippen LogP contribution is 2.40. The summed E-state index contributed by atoms with van der Waals surface area (Å²) in [4.78, 5) is 9.03. The Labute approximate surface area is 190 Å². The average molecular weight is 530 g/mol. The van der Waals surface area contributed by atoms with Crippen LogP contribution in [0.15, 0.2) is 66.9 Å². The van der Waals surface area contributed by atoms with Gasteiger partial charge in [-0.1, -0.05) is 6.07 Å². The van der Waals surface area contributed by atoms with Crippen LogP contribution in [-0.4, -0.2) is 22.9 Å². The number of aryl methyl sites for hydroxylation is 1. The molecule has 0 aliphatic carbocycles. The van der Waals surface area contributed by atoms with Crippen LogP contribution in [-0.2, 0) is 0 Å². The van der Waals surface area contributed by atoms with E-state index in [1.165, 1.54) is 0 Å². The first kappa shape index (κ1) is 20.6. The summed E-state index contributed by atoms with van der Waals surface area (Å²) in [6, 6.07) is 15.2. The summed E-state index contributed by atoms with van der Waals surface area (Å²) >= 11 is 6.94. The Morgan fingerprint density at radius 1 is 1.13 bits per heavy atom. The molecule has 0 bridgehead atoms. The lowest BCUT2D eigenvalue weighted by Crippen LogP contribution is -1.95. The van der Waals surface area contributed by atoms with Crippen molar-refractivity contribution < 1.29 is 14.3 Å². The van der Waals surface area contributed by atoms with Gasteiger partial charge in [0.2, 0.25) is 5.89 Å². The monoisotopic (exact) mass is 528 g/mol. The number of benzene rings is 3. The molecular weight excluding hydrogens is 512 g/mol. The molecule has 1 heterocycles. The fourth-order valence-corrected chi connectivity index (χ4v) is 3.81. The first-order valence-corrected chi connectivity index (χ1v) is 10.9. The van der Waals surface area contributed by atoms with Crippen LogP contribution in [0.25, 0.3) is 22.6 Å². The minimum absolute atomic E-state index is 0.0362. The van der Waals surface area contributed by atoms with Gasteiger partial charge in [0.1, 0.15) is 5.52 Å². The van der Waals surface area contributed by atoms with E-state index < -0.39 is 0 Å². The van der Waals surface area contributed by atoms with Crippen molar-refractivity contribution in [2.75, 3.05) is 6.61 Å². The SMILES string of the molecule is CCOc1cc(Br)c(Br)c(C=Nc2ccc(-c3nc4ccc(C)cc4o3)cc2)c1O. The average Bonchev–Trinajstić information content (AvgIpc) is 3.15. The Kier molecular flexibility index (Phi) is 5.92. The highest BCUT2D eigenvalue weighted by atomic mass is 79.9. The zero-order valence-corrected chi connectivity index (χ0v) is 19.5. The highest BCUT2D eigenvalue weighted by Gasteiger charge is 2.15. The van der Waals surface area contributed by atoms with Gasteiger partial charge in [0.05, 0.1) is 17.9 Å². The molecular formula is C23H18Br2N2O3. The van der Waals surface area contributed by atoms with Gasteiger partial charge >= 0.3 is 0 Å². The number of aromatic nitrogens is 1. The first-order valence-electron chi connectivity index (χ1n) is 9.31. The molecule has 152 valence electrons. The van der Waals surface area contributed by atoms with Crippen molar-refractivity contribution >= 4 is 54.9 Å². The Morgan fingerprint density at radius 3 is 2.63 bits per heavy atom. The van der Waals surface area contributed by atoms with E-state index in [1.54, 1.807) is 12.3 Å². The van der Waals surface area contributed by atoms with E-state index in [1.807, 2.05) is 56.3 Å². The van der Waals surface area contributed by atoms with Crippen molar-refractivity contribution in [1.82, 2.24) is 4.98 Å². The lowest BCUT2D eigenvalue weighted by molar-refractivity contribution is 0.317. The molecule has 1 aromatic heterocycles. The summed E-state index contributed by atoms with van der Waals surface area (Å²) in [5.41, 5.74) is 4.86. The molecule has 0 atom stereocenters. The molecule has 30 heavy (non-hydrogen) atoms. The summed E-state index contributed by atoms with van der Waals surface area (Å²) < 4.78 is 12.8. The summed E-state index contributed by atoms with van der Waals surface area (Å²) in [7, 11) is 0. The summed E-state index contributed by atoms with van der Waals surface area (Å²) in [5, 5.41) is 10.5. The number of oxazole rings is 1. The number of aromatic hydroxyl groups is 1. The summed E-state index contributed by atoms with van der Waals surface area (Å²) in [5.74, 6) is 1.00. The Balaban J connectivity index is 1.61. The minimum Gasteiger partial charge on any atom is -0.504 e. The fourth-order valence-electron chi connectivity index (χ4n) is 2.98. The summed E-state index contributed by atoms with van der Waals surface area (Å²) in [6.07, 6.45) is 1.60. The van der Waals surface area contributed by atoms with Crippen LogP contribution in [0.5, 0.6) is 11.5 Å². The van der Waals surface area contributed by atoms with Crippen molar-refractivity contribution in [3.8, 4) is 23.0 Å². The second-order valence-electron chi connectivity index (χ2n) is 6.66. The molecule has 7 heteroatoms. The van der Waals surface area contributed by atoms with Gasteiger partial charge in [-0.25, -0.2) is 4.98 Å². The Morgan fingerprint density at radius 2 is 1.90 bits per heavy atom. The van der Waals surface area contributed by atoms with Crippen LogP contribution in [0.3, 0.4) is 0 Å². The van der Waals surface area contributed by atoms with Gasteiger partial charge in [-0.05, 0) is 93.7 Å². The lowest BCUT2D eigenvalue weighted by atomic mass is 10.2. The quantitative estimate of drug-likeness (QED) is 0.278. The van der Waals surface area contributed by atoms with Crippen molar-refractivity contribution in [1.29, 1.82) is 0 Å². The number of aliphatic imine (C=N–C) groups is 1. The smallest absolute Gasteiger partial charge is 0.227 e. The molecule has 0 saturated heterocycles. The topological polar surface area (TPSA) is 67.9 Å². The molecule has 5 nitrogen and oxygen atoms in total. The van der Waals surface area contributed by atoms with Gasteiger partial charge in [-0.2, -0.15) is 0 Å². The number of phenolic OH excluding ortho intramolecular Hbond substituents is 1. The zero-order valence-electron chi connectivity index (χ0n) is 16.3. The van der Waals surface area contributed by atoms with Crippen LogP contribution in [0.4, 0.5) is 5.69 Å². The first-order chi connectivity index (χ1) is 14.5. The predicted molar refractivity (Wildman–Crippen MR) is 126 cm³/mol. The third-order valence-electron chi connectivity index (χ3n) is 4.49. The molecule has 0 radical (unpaired) electrons. The van der Waals surface area contributed by atoms with E-state index >= 15 is 0 Å². The standard InChI is InChI=1S/C23H18Br2N2O3/c1-3-29-20-11-17(24)21(25)16(22(20)28)12-26-15-7-5-14(6-8-15)23-27-18-9-4-13(2)10-19(18)30-23/h4-12,28H,3H2,1-2H3. The maximum Gasteiger partial charge on any atom is 0.227 e. The molecule has 0 fully saturated rings. The molecule has 4 aromatic rings. The van der Waals surface area contributed by atoms with E-state index in [2.05, 4.69) is 41.8 Å². The lowest BCUT2D eigenvalue weighted by Gasteiger charge is -2.11. The highest BCUT2D eigenvalue weighted by molar-refractivity contribution is 9.13. The number of fused-ring (bicyclic) bond motifs is 1. The number of hydrogen-bond donors (Lipinski definition) is 1. The molecule has 0 aliphatic rings. The van der Waals surface area contributed by atoms with Crippen molar-refractivity contribution in [2.24, 2.45) is 4.99 Å². The van der Waals surface area contributed by atoms with Gasteiger partial charge in [0.25, 0.3) is 0 Å². The number of halogens is 2. The van der Waals surface area contributed by atoms with Crippen molar-refractivity contribution in [3.05, 3.63) is 68.6 Å². The van der Waals surface area contributed by atoms with Gasteiger partial charge in [0.15, 0.2) is 17.1 Å². The fraction of sp³-hybridized carbons (Fsp3) is 0.130.